The van der Waals surface area contributed by atoms with E-state index < -0.39 is 11.9 Å². The quantitative estimate of drug-likeness (QED) is 0.659. The van der Waals surface area contributed by atoms with Crippen LogP contribution < -0.4 is 0 Å². The molecule has 0 amide bonds. The lowest BCUT2D eigenvalue weighted by Gasteiger charge is -2.21. The highest BCUT2D eigenvalue weighted by molar-refractivity contribution is 5.89. The monoisotopic (exact) mass is 345 g/mol. The van der Waals surface area contributed by atoms with Gasteiger partial charge < -0.3 is 20.1 Å². The summed E-state index contributed by atoms with van der Waals surface area (Å²) >= 11 is 0. The second-order valence-corrected chi connectivity index (χ2v) is 5.50. The molecule has 0 fully saturated rings. The zero-order valence-corrected chi connectivity index (χ0v) is 13.7. The fourth-order valence-corrected chi connectivity index (χ4v) is 2.44. The number of carbonyl (C=O) groups is 2. The Bertz CT molecular complexity index is 774. The lowest BCUT2D eigenvalue weighted by atomic mass is 10.1. The number of aliphatic carboxylic acids is 1. The third kappa shape index (κ3) is 4.95. The number of phenolic OH excluding ortho intramolecular Hbond substituents is 2. The number of aromatic hydroxyl groups is 2. The smallest absolute Gasteiger partial charge is 0.337 e. The average molecular weight is 345 g/mol. The van der Waals surface area contributed by atoms with Crippen molar-refractivity contribution in [2.75, 3.05) is 13.7 Å². The molecule has 0 aliphatic carbocycles. The minimum Gasteiger partial charge on any atom is -0.508 e. The van der Waals surface area contributed by atoms with E-state index in [2.05, 4.69) is 4.74 Å². The minimum atomic E-state index is -1.04. The molecule has 0 aliphatic heterocycles. The Balaban J connectivity index is 2.26. The average Bonchev–Trinajstić information content (AvgIpc) is 2.57. The number of nitrogens with zero attached hydrogens (tertiary/aromatic N) is 1. The van der Waals surface area contributed by atoms with Crippen LogP contribution in [0.2, 0.25) is 0 Å². The highest BCUT2D eigenvalue weighted by Gasteiger charge is 2.16. The summed E-state index contributed by atoms with van der Waals surface area (Å²) < 4.78 is 4.65. The number of esters is 1. The Labute approximate surface area is 144 Å². The third-order valence-electron chi connectivity index (χ3n) is 3.64. The van der Waals surface area contributed by atoms with Crippen molar-refractivity contribution >= 4 is 11.9 Å². The predicted octanol–water partition coefficient (Wildman–Crippen LogP) is 1.97. The predicted molar refractivity (Wildman–Crippen MR) is 89.3 cm³/mol. The van der Waals surface area contributed by atoms with Crippen molar-refractivity contribution in [3.63, 3.8) is 0 Å². The lowest BCUT2D eigenvalue weighted by molar-refractivity contribution is -0.138. The van der Waals surface area contributed by atoms with Crippen molar-refractivity contribution < 1.29 is 29.6 Å². The molecule has 0 bridgehead atoms. The van der Waals surface area contributed by atoms with Gasteiger partial charge in [-0.05, 0) is 24.3 Å². The highest BCUT2D eigenvalue weighted by atomic mass is 16.5. The van der Waals surface area contributed by atoms with Crippen molar-refractivity contribution in [2.24, 2.45) is 0 Å². The van der Waals surface area contributed by atoms with Crippen molar-refractivity contribution in [1.82, 2.24) is 4.90 Å². The zero-order chi connectivity index (χ0) is 18.4. The number of ether oxygens (including phenoxy) is 1. The first-order chi connectivity index (χ1) is 11.9. The third-order valence-corrected chi connectivity index (χ3v) is 3.64. The van der Waals surface area contributed by atoms with Crippen LogP contribution in [0, 0.1) is 0 Å². The van der Waals surface area contributed by atoms with Crippen LogP contribution in [0.3, 0.4) is 0 Å². The van der Waals surface area contributed by atoms with Gasteiger partial charge in [0.1, 0.15) is 11.5 Å². The first kappa shape index (κ1) is 18.3. The molecule has 2 aromatic rings. The van der Waals surface area contributed by atoms with E-state index in [1.165, 1.54) is 36.3 Å². The van der Waals surface area contributed by atoms with Gasteiger partial charge in [0.05, 0.1) is 19.2 Å². The molecule has 2 rings (SSSR count). The van der Waals surface area contributed by atoms with E-state index in [1.807, 2.05) is 0 Å². The summed E-state index contributed by atoms with van der Waals surface area (Å²) in [6.45, 7) is -0.0472. The van der Waals surface area contributed by atoms with Crippen LogP contribution in [0.15, 0.2) is 42.5 Å². The van der Waals surface area contributed by atoms with E-state index in [-0.39, 0.29) is 36.7 Å². The lowest BCUT2D eigenvalue weighted by Crippen LogP contribution is -2.29. The van der Waals surface area contributed by atoms with Crippen LogP contribution in [0.4, 0.5) is 0 Å². The molecule has 0 aliphatic rings. The van der Waals surface area contributed by atoms with Gasteiger partial charge in [-0.2, -0.15) is 0 Å². The summed E-state index contributed by atoms with van der Waals surface area (Å²) in [5, 5.41) is 29.0. The number of phenols is 2. The van der Waals surface area contributed by atoms with Crippen LogP contribution in [0.25, 0.3) is 0 Å². The molecule has 132 valence electrons. The Kier molecular flexibility index (Phi) is 5.97. The molecule has 7 heteroatoms. The van der Waals surface area contributed by atoms with Gasteiger partial charge in [0.15, 0.2) is 0 Å². The molecule has 2 aromatic carbocycles. The van der Waals surface area contributed by atoms with E-state index >= 15 is 0 Å². The topological polar surface area (TPSA) is 107 Å². The first-order valence-electron chi connectivity index (χ1n) is 7.52. The SMILES string of the molecule is COC(=O)c1ccc(O)c(CN(CC(=O)O)Cc2ccccc2O)c1. The number of para-hydroxylation sites is 1. The van der Waals surface area contributed by atoms with Crippen molar-refractivity contribution in [3.05, 3.63) is 59.2 Å². The van der Waals surface area contributed by atoms with Crippen LogP contribution in [-0.2, 0) is 22.6 Å². The summed E-state index contributed by atoms with van der Waals surface area (Å²) in [6.07, 6.45) is 0. The molecule has 0 saturated carbocycles. The number of hydrogen-bond acceptors (Lipinski definition) is 6. The summed E-state index contributed by atoms with van der Waals surface area (Å²) in [5.74, 6) is -1.59. The van der Waals surface area contributed by atoms with Crippen molar-refractivity contribution in [2.45, 2.75) is 13.1 Å². The van der Waals surface area contributed by atoms with E-state index in [9.17, 15) is 19.8 Å². The maximum atomic E-state index is 11.6. The van der Waals surface area contributed by atoms with Gasteiger partial charge >= 0.3 is 11.9 Å². The van der Waals surface area contributed by atoms with Gasteiger partial charge in [-0.3, -0.25) is 9.69 Å². The van der Waals surface area contributed by atoms with Gasteiger partial charge in [0, 0.05) is 24.2 Å². The molecule has 0 atom stereocenters. The van der Waals surface area contributed by atoms with Crippen LogP contribution >= 0.6 is 0 Å². The molecular formula is C18H19NO6. The molecule has 0 saturated heterocycles. The van der Waals surface area contributed by atoms with Gasteiger partial charge in [0.25, 0.3) is 0 Å². The molecule has 7 nitrogen and oxygen atoms in total. The number of methoxy groups -OCH3 is 1. The number of benzene rings is 2. The van der Waals surface area contributed by atoms with Crippen molar-refractivity contribution in [1.29, 1.82) is 0 Å². The fraction of sp³-hybridized carbons (Fsp3) is 0.222. The Morgan fingerprint density at radius 3 is 2.28 bits per heavy atom. The molecule has 0 unspecified atom stereocenters. The summed E-state index contributed by atoms with van der Waals surface area (Å²) in [7, 11) is 1.25. The highest BCUT2D eigenvalue weighted by Crippen LogP contribution is 2.23. The van der Waals surface area contributed by atoms with E-state index in [0.29, 0.717) is 11.1 Å². The Morgan fingerprint density at radius 1 is 1.00 bits per heavy atom. The first-order valence-corrected chi connectivity index (χ1v) is 7.52. The maximum Gasteiger partial charge on any atom is 0.337 e. The second-order valence-electron chi connectivity index (χ2n) is 5.50. The number of rotatable bonds is 7. The van der Waals surface area contributed by atoms with Crippen LogP contribution in [-0.4, -0.2) is 45.8 Å². The second kappa shape index (κ2) is 8.16. The summed E-state index contributed by atoms with van der Waals surface area (Å²) in [4.78, 5) is 24.3. The molecule has 0 spiro atoms. The van der Waals surface area contributed by atoms with E-state index in [1.54, 1.807) is 18.2 Å². The molecule has 0 radical (unpaired) electrons. The molecular weight excluding hydrogens is 326 g/mol. The van der Waals surface area contributed by atoms with E-state index in [0.717, 1.165) is 0 Å². The minimum absolute atomic E-state index is 0.0553. The fourth-order valence-electron chi connectivity index (χ4n) is 2.44. The number of carboxylic acid groups (broad SMARTS) is 1. The number of carbonyl (C=O) groups excluding carboxylic acids is 1. The molecule has 3 N–H and O–H groups in total. The zero-order valence-electron chi connectivity index (χ0n) is 13.7. The van der Waals surface area contributed by atoms with Gasteiger partial charge in [-0.25, -0.2) is 4.79 Å². The number of carboxylic acids is 1. The normalized spacial score (nSPS) is 10.6. The maximum absolute atomic E-state index is 11.6. The summed E-state index contributed by atoms with van der Waals surface area (Å²) in [6, 6.07) is 10.9. The molecule has 25 heavy (non-hydrogen) atoms. The summed E-state index contributed by atoms with van der Waals surface area (Å²) in [5.41, 5.74) is 1.21. The van der Waals surface area contributed by atoms with Gasteiger partial charge in [-0.1, -0.05) is 18.2 Å². The van der Waals surface area contributed by atoms with Gasteiger partial charge in [-0.15, -0.1) is 0 Å². The Hall–Kier alpha value is -3.06. The van der Waals surface area contributed by atoms with Crippen molar-refractivity contribution in [3.8, 4) is 11.5 Å². The number of hydrogen-bond donors (Lipinski definition) is 3. The largest absolute Gasteiger partial charge is 0.508 e. The van der Waals surface area contributed by atoms with Gasteiger partial charge in [0.2, 0.25) is 0 Å². The molecule has 0 aromatic heterocycles. The van der Waals surface area contributed by atoms with Crippen LogP contribution in [0.1, 0.15) is 21.5 Å². The standard InChI is InChI=1S/C18H19NO6/c1-25-18(24)12-6-7-16(21)14(8-12)10-19(11-17(22)23)9-13-4-2-3-5-15(13)20/h2-8,20-21H,9-11H2,1H3,(H,22,23). The van der Waals surface area contributed by atoms with E-state index in [4.69, 9.17) is 5.11 Å². The van der Waals surface area contributed by atoms with Crippen LogP contribution in [0.5, 0.6) is 11.5 Å². The Morgan fingerprint density at radius 2 is 1.64 bits per heavy atom. The molecule has 0 heterocycles.